The van der Waals surface area contributed by atoms with Crippen molar-refractivity contribution in [2.45, 2.75) is 69.6 Å². The molecule has 2 N–H and O–H groups in total. The van der Waals surface area contributed by atoms with Gasteiger partial charge in [0.25, 0.3) is 17.7 Å². The summed E-state index contributed by atoms with van der Waals surface area (Å²) in [5.41, 5.74) is 2.66. The summed E-state index contributed by atoms with van der Waals surface area (Å²) in [4.78, 5) is 72.6. The first-order valence-corrected chi connectivity index (χ1v) is 20.6. The Balaban J connectivity index is 0.808. The fourth-order valence-corrected chi connectivity index (χ4v) is 9.18. The van der Waals surface area contributed by atoms with Crippen LogP contribution in [0.3, 0.4) is 0 Å². The Morgan fingerprint density at radius 3 is 2.39 bits per heavy atom. The third-order valence-corrected chi connectivity index (χ3v) is 12.5. The van der Waals surface area contributed by atoms with Crippen molar-refractivity contribution in [3.8, 4) is 17.6 Å². The number of rotatable bonds is 10. The second kappa shape index (κ2) is 17.2. The molecule has 1 aliphatic carbocycles. The fraction of sp³-hybridized carbons (Fsp3) is 0.476. The van der Waals surface area contributed by atoms with Crippen LogP contribution in [-0.4, -0.2) is 121 Å². The smallest absolute Gasteiger partial charge is 0.274 e. The van der Waals surface area contributed by atoms with Crippen LogP contribution in [0.4, 0.5) is 11.4 Å². The number of halogens is 1. The molecule has 0 spiro atoms. The molecule has 4 fully saturated rings. The maximum atomic E-state index is 13.6. The highest BCUT2D eigenvalue weighted by molar-refractivity contribution is 6.31. The van der Waals surface area contributed by atoms with Crippen LogP contribution in [0.25, 0.3) is 0 Å². The molecule has 8 rings (SSSR count). The van der Waals surface area contributed by atoms with E-state index in [1.807, 2.05) is 6.07 Å². The minimum absolute atomic E-state index is 0.000126. The Kier molecular flexibility index (Phi) is 11.7. The number of carbonyl (C=O) groups is 5. The summed E-state index contributed by atoms with van der Waals surface area (Å²) in [6, 6.07) is 11.5. The van der Waals surface area contributed by atoms with E-state index in [1.54, 1.807) is 36.5 Å². The standard InChI is InChI=1S/C42H46ClN9O7/c1-58-35-21-28(20-31-37(35)42(57)52(41(31)56)34-8-9-36(53)47-39(34)54)50-18-16-49(17-19-50)24-25-11-14-51(15-12-25)33-10-13-45-48-38(33)40(55)46-27-3-6-29(7-4-27)59-30-5-2-26(23-44)32(43)22-30/h2,5,10,13,20-22,25,27,29,34H,3-4,6-9,11-12,14-19,24H2,1H3,(H,46,55)(H,47,53,54). The lowest BCUT2D eigenvalue weighted by molar-refractivity contribution is -0.136. The van der Waals surface area contributed by atoms with Crippen molar-refractivity contribution in [1.82, 2.24) is 30.6 Å². The number of aromatic nitrogens is 2. The molecule has 5 aliphatic rings. The van der Waals surface area contributed by atoms with E-state index in [4.69, 9.17) is 26.3 Å². The summed E-state index contributed by atoms with van der Waals surface area (Å²) in [6.07, 6.45) is 6.80. The van der Waals surface area contributed by atoms with Gasteiger partial charge in [-0.3, -0.25) is 39.1 Å². The Morgan fingerprint density at radius 1 is 0.932 bits per heavy atom. The monoisotopic (exact) mass is 823 g/mol. The molecule has 4 aliphatic heterocycles. The molecule has 3 aromatic rings. The van der Waals surface area contributed by atoms with Crippen molar-refractivity contribution in [3.05, 3.63) is 70.0 Å². The molecule has 16 nitrogen and oxygen atoms in total. The number of fused-ring (bicyclic) bond motifs is 1. The highest BCUT2D eigenvalue weighted by Gasteiger charge is 2.46. The second-order valence-electron chi connectivity index (χ2n) is 15.8. The Morgan fingerprint density at radius 2 is 1.69 bits per heavy atom. The number of piperazine rings is 1. The van der Waals surface area contributed by atoms with Crippen LogP contribution in [0.2, 0.25) is 5.02 Å². The van der Waals surface area contributed by atoms with Gasteiger partial charge in [-0.25, -0.2) is 0 Å². The molecule has 5 amide bonds. The number of benzene rings is 2. The number of piperidine rings is 2. The number of methoxy groups -OCH3 is 1. The zero-order valence-corrected chi connectivity index (χ0v) is 33.6. The van der Waals surface area contributed by atoms with Gasteiger partial charge in [0.05, 0.1) is 46.8 Å². The molecule has 3 saturated heterocycles. The van der Waals surface area contributed by atoms with Gasteiger partial charge >= 0.3 is 0 Å². The fourth-order valence-electron chi connectivity index (χ4n) is 8.97. The summed E-state index contributed by atoms with van der Waals surface area (Å²) < 4.78 is 11.7. The van der Waals surface area contributed by atoms with Crippen LogP contribution >= 0.6 is 11.6 Å². The number of hydrogen-bond donors (Lipinski definition) is 2. The maximum Gasteiger partial charge on any atom is 0.274 e. The van der Waals surface area contributed by atoms with E-state index >= 15 is 0 Å². The first kappa shape index (κ1) is 40.0. The molecule has 5 heterocycles. The summed E-state index contributed by atoms with van der Waals surface area (Å²) in [6.45, 7) is 5.65. The molecule has 17 heteroatoms. The van der Waals surface area contributed by atoms with Crippen molar-refractivity contribution >= 4 is 52.5 Å². The molecule has 59 heavy (non-hydrogen) atoms. The number of nitrogens with zero attached hydrogens (tertiary/aromatic N) is 7. The largest absolute Gasteiger partial charge is 0.496 e. The number of hydrogen-bond acceptors (Lipinski definition) is 13. The van der Waals surface area contributed by atoms with E-state index in [9.17, 15) is 24.0 Å². The molecule has 308 valence electrons. The van der Waals surface area contributed by atoms with Crippen molar-refractivity contribution in [2.75, 3.05) is 62.7 Å². The van der Waals surface area contributed by atoms with E-state index in [1.165, 1.54) is 7.11 Å². The SMILES string of the molecule is COc1cc(N2CCN(CC3CCN(c4ccnnc4C(=O)NC4CCC(Oc5ccc(C#N)c(Cl)c5)CC4)CC3)CC2)cc2c1C(=O)N(C1CCC(=O)NC1=O)C2=O. The minimum Gasteiger partial charge on any atom is -0.496 e. The molecular formula is C42H46ClN9O7. The van der Waals surface area contributed by atoms with Crippen LogP contribution in [0, 0.1) is 17.2 Å². The minimum atomic E-state index is -1.04. The number of amides is 5. The molecule has 1 saturated carbocycles. The molecule has 0 bridgehead atoms. The van der Waals surface area contributed by atoms with Crippen LogP contribution in [-0.2, 0) is 9.59 Å². The summed E-state index contributed by atoms with van der Waals surface area (Å²) >= 11 is 6.17. The number of imide groups is 2. The molecule has 1 aromatic heterocycles. The van der Waals surface area contributed by atoms with Gasteiger partial charge in [-0.1, -0.05) is 11.6 Å². The summed E-state index contributed by atoms with van der Waals surface area (Å²) in [5.74, 6) is -1.03. The van der Waals surface area contributed by atoms with Crippen LogP contribution < -0.4 is 29.9 Å². The average molecular weight is 824 g/mol. The van der Waals surface area contributed by atoms with Crippen molar-refractivity contribution in [1.29, 1.82) is 5.26 Å². The lowest BCUT2D eigenvalue weighted by Crippen LogP contribution is -2.54. The van der Waals surface area contributed by atoms with Gasteiger partial charge in [0.1, 0.15) is 23.6 Å². The van der Waals surface area contributed by atoms with Gasteiger partial charge in [-0.2, -0.15) is 10.4 Å². The number of nitrogens with one attached hydrogen (secondary N) is 2. The Hall–Kier alpha value is -5.79. The Bertz CT molecular complexity index is 2190. The van der Waals surface area contributed by atoms with Gasteiger partial charge < -0.3 is 24.6 Å². The number of carbonyl (C=O) groups excluding carboxylic acids is 5. The number of ether oxygens (including phenoxy) is 2. The highest BCUT2D eigenvalue weighted by atomic mass is 35.5. The zero-order chi connectivity index (χ0) is 41.2. The molecule has 0 radical (unpaired) electrons. The number of anilines is 2. The van der Waals surface area contributed by atoms with Crippen molar-refractivity contribution in [3.63, 3.8) is 0 Å². The predicted molar refractivity (Wildman–Crippen MR) is 216 cm³/mol. The van der Waals surface area contributed by atoms with Gasteiger partial charge in [0.2, 0.25) is 11.8 Å². The third kappa shape index (κ3) is 8.40. The van der Waals surface area contributed by atoms with Crippen LogP contribution in [0.15, 0.2) is 42.6 Å². The average Bonchev–Trinajstić information content (AvgIpc) is 3.50. The first-order valence-electron chi connectivity index (χ1n) is 20.2. The lowest BCUT2D eigenvalue weighted by atomic mass is 9.92. The topological polar surface area (TPSA) is 190 Å². The summed E-state index contributed by atoms with van der Waals surface area (Å²) in [7, 11) is 1.46. The third-order valence-electron chi connectivity index (χ3n) is 12.2. The van der Waals surface area contributed by atoms with Gasteiger partial charge in [0.15, 0.2) is 5.69 Å². The predicted octanol–water partition coefficient (Wildman–Crippen LogP) is 3.57. The molecule has 1 atom stereocenters. The lowest BCUT2D eigenvalue weighted by Gasteiger charge is -2.40. The normalized spacial score (nSPS) is 22.8. The molecule has 2 aromatic carbocycles. The van der Waals surface area contributed by atoms with Crippen LogP contribution in [0.5, 0.6) is 11.5 Å². The first-order chi connectivity index (χ1) is 28.6. The van der Waals surface area contributed by atoms with Gasteiger partial charge in [-0.05, 0) is 75.1 Å². The quantitative estimate of drug-likeness (QED) is 0.283. The van der Waals surface area contributed by atoms with Gasteiger partial charge in [-0.15, -0.1) is 5.10 Å². The highest BCUT2D eigenvalue weighted by Crippen LogP contribution is 2.38. The number of nitriles is 1. The summed E-state index contributed by atoms with van der Waals surface area (Å²) in [5, 5.41) is 23.2. The van der Waals surface area contributed by atoms with Gasteiger partial charge in [0, 0.05) is 76.1 Å². The second-order valence-corrected chi connectivity index (χ2v) is 16.2. The van der Waals surface area contributed by atoms with Crippen LogP contribution in [0.1, 0.15) is 88.1 Å². The zero-order valence-electron chi connectivity index (χ0n) is 32.8. The van der Waals surface area contributed by atoms with E-state index in [0.717, 1.165) is 101 Å². The maximum absolute atomic E-state index is 13.6. The van der Waals surface area contributed by atoms with E-state index in [0.29, 0.717) is 27.9 Å². The van der Waals surface area contributed by atoms with E-state index in [2.05, 4.69) is 41.6 Å². The van der Waals surface area contributed by atoms with Crippen molar-refractivity contribution in [2.24, 2.45) is 5.92 Å². The molecular weight excluding hydrogens is 778 g/mol. The van der Waals surface area contributed by atoms with E-state index in [-0.39, 0.29) is 47.8 Å². The molecule has 1 unspecified atom stereocenters. The van der Waals surface area contributed by atoms with E-state index < -0.39 is 29.7 Å². The van der Waals surface area contributed by atoms with Crippen molar-refractivity contribution < 1.29 is 33.4 Å². The Labute approximate surface area is 346 Å².